The van der Waals surface area contributed by atoms with Crippen LogP contribution in [0.5, 0.6) is 0 Å². The molecule has 1 unspecified atom stereocenters. The standard InChI is InChI=1S/C17H20N2O4S/c1-18(2)24(21,22)15-6-3-5-13(11-15)17(20)19-9-8-14(12-19)16-7-4-10-23-16/h3-7,10-11,14H,8-9,12H2,1-2H3. The molecule has 2 heterocycles. The summed E-state index contributed by atoms with van der Waals surface area (Å²) < 4.78 is 31.0. The molecule has 24 heavy (non-hydrogen) atoms. The van der Waals surface area contributed by atoms with Crippen molar-refractivity contribution in [2.45, 2.75) is 17.2 Å². The molecule has 0 aliphatic carbocycles. The summed E-state index contributed by atoms with van der Waals surface area (Å²) in [7, 11) is -0.614. The third-order valence-corrected chi connectivity index (χ3v) is 6.09. The molecule has 1 atom stereocenters. The molecule has 1 aromatic carbocycles. The molecule has 128 valence electrons. The number of carbonyl (C=O) groups excluding carboxylic acids is 1. The molecule has 0 bridgehead atoms. The number of sulfonamides is 1. The second kappa shape index (κ2) is 6.41. The maximum Gasteiger partial charge on any atom is 0.253 e. The fraction of sp³-hybridized carbons (Fsp3) is 0.353. The van der Waals surface area contributed by atoms with E-state index in [1.807, 2.05) is 12.1 Å². The first-order valence-electron chi connectivity index (χ1n) is 7.75. The van der Waals surface area contributed by atoms with Gasteiger partial charge in [-0.05, 0) is 36.8 Å². The summed E-state index contributed by atoms with van der Waals surface area (Å²) in [5, 5.41) is 0. The minimum Gasteiger partial charge on any atom is -0.469 e. The quantitative estimate of drug-likeness (QED) is 0.849. The van der Waals surface area contributed by atoms with E-state index in [9.17, 15) is 13.2 Å². The van der Waals surface area contributed by atoms with Gasteiger partial charge in [0.25, 0.3) is 5.91 Å². The number of hydrogen-bond acceptors (Lipinski definition) is 4. The summed E-state index contributed by atoms with van der Waals surface area (Å²) in [4.78, 5) is 14.6. The lowest BCUT2D eigenvalue weighted by Crippen LogP contribution is -2.29. The average molecular weight is 348 g/mol. The number of furan rings is 1. The highest BCUT2D eigenvalue weighted by molar-refractivity contribution is 7.89. The van der Waals surface area contributed by atoms with Crippen molar-refractivity contribution in [1.82, 2.24) is 9.21 Å². The molecular formula is C17H20N2O4S. The Morgan fingerprint density at radius 1 is 1.25 bits per heavy atom. The van der Waals surface area contributed by atoms with Gasteiger partial charge in [-0.15, -0.1) is 0 Å². The maximum atomic E-state index is 12.7. The van der Waals surface area contributed by atoms with Gasteiger partial charge in [-0.25, -0.2) is 12.7 Å². The Balaban J connectivity index is 1.79. The summed E-state index contributed by atoms with van der Waals surface area (Å²) in [5.41, 5.74) is 0.387. The topological polar surface area (TPSA) is 70.8 Å². The van der Waals surface area contributed by atoms with Crippen LogP contribution in [0.4, 0.5) is 0 Å². The second-order valence-electron chi connectivity index (χ2n) is 6.07. The monoisotopic (exact) mass is 348 g/mol. The van der Waals surface area contributed by atoms with Crippen LogP contribution >= 0.6 is 0 Å². The van der Waals surface area contributed by atoms with Crippen LogP contribution < -0.4 is 0 Å². The molecule has 0 N–H and O–H groups in total. The maximum absolute atomic E-state index is 12.7. The van der Waals surface area contributed by atoms with Crippen LogP contribution in [0.2, 0.25) is 0 Å². The predicted octanol–water partition coefficient (Wildman–Crippen LogP) is 2.16. The molecule has 7 heteroatoms. The van der Waals surface area contributed by atoms with Crippen molar-refractivity contribution in [2.75, 3.05) is 27.2 Å². The van der Waals surface area contributed by atoms with E-state index in [0.29, 0.717) is 18.7 Å². The smallest absolute Gasteiger partial charge is 0.253 e. The second-order valence-corrected chi connectivity index (χ2v) is 8.22. The number of carbonyl (C=O) groups is 1. The molecular weight excluding hydrogens is 328 g/mol. The Morgan fingerprint density at radius 2 is 2.04 bits per heavy atom. The summed E-state index contributed by atoms with van der Waals surface area (Å²) in [6, 6.07) is 9.96. The number of rotatable bonds is 4. The van der Waals surface area contributed by atoms with Gasteiger partial charge in [0.1, 0.15) is 5.76 Å². The lowest BCUT2D eigenvalue weighted by Gasteiger charge is -2.17. The molecule has 6 nitrogen and oxygen atoms in total. The lowest BCUT2D eigenvalue weighted by atomic mass is 10.1. The summed E-state index contributed by atoms with van der Waals surface area (Å²) in [5.74, 6) is 0.923. The van der Waals surface area contributed by atoms with Gasteiger partial charge in [-0.1, -0.05) is 6.07 Å². The number of likely N-dealkylation sites (tertiary alicyclic amines) is 1. The Kier molecular flexibility index (Phi) is 4.47. The number of hydrogen-bond donors (Lipinski definition) is 0. The molecule has 1 aromatic heterocycles. The van der Waals surface area contributed by atoms with Crippen LogP contribution in [-0.2, 0) is 10.0 Å². The fourth-order valence-corrected chi connectivity index (χ4v) is 3.83. The zero-order valence-electron chi connectivity index (χ0n) is 13.7. The van der Waals surface area contributed by atoms with E-state index in [1.54, 1.807) is 23.3 Å². The molecule has 1 fully saturated rings. The van der Waals surface area contributed by atoms with Gasteiger partial charge in [0.15, 0.2) is 0 Å². The Morgan fingerprint density at radius 3 is 2.71 bits per heavy atom. The van der Waals surface area contributed by atoms with Gasteiger partial charge in [0, 0.05) is 38.7 Å². The van der Waals surface area contributed by atoms with Gasteiger partial charge in [-0.2, -0.15) is 0 Å². The first kappa shape index (κ1) is 16.7. The molecule has 1 saturated heterocycles. The molecule has 1 amide bonds. The number of benzene rings is 1. The molecule has 0 spiro atoms. The highest BCUT2D eigenvalue weighted by Crippen LogP contribution is 2.28. The summed E-state index contributed by atoms with van der Waals surface area (Å²) >= 11 is 0. The largest absolute Gasteiger partial charge is 0.469 e. The van der Waals surface area contributed by atoms with Crippen LogP contribution in [0, 0.1) is 0 Å². The van der Waals surface area contributed by atoms with Crippen LogP contribution in [0.1, 0.15) is 28.5 Å². The number of amides is 1. The summed E-state index contributed by atoms with van der Waals surface area (Å²) in [6.45, 7) is 1.21. The molecule has 2 aromatic rings. The van der Waals surface area contributed by atoms with Crippen molar-refractivity contribution in [1.29, 1.82) is 0 Å². The molecule has 1 aliphatic heterocycles. The van der Waals surface area contributed by atoms with Crippen molar-refractivity contribution < 1.29 is 17.6 Å². The van der Waals surface area contributed by atoms with Crippen LogP contribution in [0.15, 0.2) is 52.0 Å². The molecule has 0 saturated carbocycles. The predicted molar refractivity (Wildman–Crippen MR) is 89.3 cm³/mol. The molecule has 3 rings (SSSR count). The fourth-order valence-electron chi connectivity index (χ4n) is 2.88. The van der Waals surface area contributed by atoms with E-state index >= 15 is 0 Å². The zero-order valence-corrected chi connectivity index (χ0v) is 14.5. The third kappa shape index (κ3) is 3.09. The van der Waals surface area contributed by atoms with Crippen molar-refractivity contribution in [3.8, 4) is 0 Å². The van der Waals surface area contributed by atoms with Gasteiger partial charge in [0.05, 0.1) is 11.2 Å². The Hall–Kier alpha value is -2.12. The highest BCUT2D eigenvalue weighted by atomic mass is 32.2. The van der Waals surface area contributed by atoms with E-state index in [2.05, 4.69) is 0 Å². The minimum absolute atomic E-state index is 0.125. The highest BCUT2D eigenvalue weighted by Gasteiger charge is 2.30. The first-order chi connectivity index (χ1) is 11.4. The van der Waals surface area contributed by atoms with E-state index < -0.39 is 10.0 Å². The lowest BCUT2D eigenvalue weighted by molar-refractivity contribution is 0.0790. The SMILES string of the molecule is CN(C)S(=O)(=O)c1cccc(C(=O)N2CCC(c3ccco3)C2)c1. The normalized spacial score (nSPS) is 18.3. The van der Waals surface area contributed by atoms with Gasteiger partial charge in [0.2, 0.25) is 10.0 Å². The molecule has 1 aliphatic rings. The Labute approximate surface area is 141 Å². The molecule has 0 radical (unpaired) electrons. The Bertz CT molecular complexity index is 828. The summed E-state index contributed by atoms with van der Waals surface area (Å²) in [6.07, 6.45) is 2.48. The first-order valence-corrected chi connectivity index (χ1v) is 9.19. The van der Waals surface area contributed by atoms with Gasteiger partial charge < -0.3 is 9.32 Å². The average Bonchev–Trinajstić information content (AvgIpc) is 3.25. The van der Waals surface area contributed by atoms with Crippen molar-refractivity contribution in [3.05, 3.63) is 54.0 Å². The van der Waals surface area contributed by atoms with E-state index in [-0.39, 0.29) is 16.7 Å². The van der Waals surface area contributed by atoms with Crippen molar-refractivity contribution in [2.24, 2.45) is 0 Å². The van der Waals surface area contributed by atoms with Gasteiger partial charge >= 0.3 is 0 Å². The van der Waals surface area contributed by atoms with Crippen molar-refractivity contribution >= 4 is 15.9 Å². The minimum atomic E-state index is -3.56. The van der Waals surface area contributed by atoms with E-state index in [4.69, 9.17) is 4.42 Å². The van der Waals surface area contributed by atoms with Crippen LogP contribution in [-0.4, -0.2) is 50.7 Å². The van der Waals surface area contributed by atoms with Crippen LogP contribution in [0.3, 0.4) is 0 Å². The van der Waals surface area contributed by atoms with E-state index in [1.165, 1.54) is 26.2 Å². The van der Waals surface area contributed by atoms with Crippen molar-refractivity contribution in [3.63, 3.8) is 0 Å². The van der Waals surface area contributed by atoms with Gasteiger partial charge in [-0.3, -0.25) is 4.79 Å². The van der Waals surface area contributed by atoms with E-state index in [0.717, 1.165) is 16.5 Å². The number of nitrogens with zero attached hydrogens (tertiary/aromatic N) is 2. The third-order valence-electron chi connectivity index (χ3n) is 4.28. The van der Waals surface area contributed by atoms with Crippen LogP contribution in [0.25, 0.3) is 0 Å². The zero-order chi connectivity index (χ0) is 17.3.